The summed E-state index contributed by atoms with van der Waals surface area (Å²) in [6, 6.07) is 23.7. The van der Waals surface area contributed by atoms with Gasteiger partial charge in [0.15, 0.2) is 0 Å². The first-order chi connectivity index (χ1) is 15.5. The van der Waals surface area contributed by atoms with Crippen molar-refractivity contribution in [2.24, 2.45) is 0 Å². The Morgan fingerprint density at radius 2 is 1.50 bits per heavy atom. The molecule has 5 rings (SSSR count). The first kappa shape index (κ1) is 19.4. The lowest BCUT2D eigenvalue weighted by molar-refractivity contribution is 0.0692. The molecule has 0 radical (unpaired) electrons. The van der Waals surface area contributed by atoms with Crippen molar-refractivity contribution in [3.8, 4) is 16.9 Å². The van der Waals surface area contributed by atoms with Crippen molar-refractivity contribution in [1.29, 1.82) is 0 Å². The van der Waals surface area contributed by atoms with E-state index >= 15 is 0 Å². The first-order valence-corrected chi connectivity index (χ1v) is 10.0. The highest BCUT2D eigenvalue weighted by molar-refractivity contribution is 6.21. The van der Waals surface area contributed by atoms with E-state index in [1.165, 1.54) is 13.1 Å². The number of rotatable bonds is 4. The van der Waals surface area contributed by atoms with Crippen LogP contribution >= 0.6 is 0 Å². The molecule has 1 aliphatic rings. The Kier molecular flexibility index (Phi) is 4.63. The molecule has 0 fully saturated rings. The zero-order valence-corrected chi connectivity index (χ0v) is 17.1. The van der Waals surface area contributed by atoms with Gasteiger partial charge in [0.25, 0.3) is 17.7 Å². The van der Waals surface area contributed by atoms with Gasteiger partial charge in [-0.3, -0.25) is 19.3 Å². The van der Waals surface area contributed by atoms with E-state index in [1.807, 2.05) is 60.7 Å². The van der Waals surface area contributed by atoms with Crippen LogP contribution in [-0.4, -0.2) is 39.4 Å². The third-order valence-corrected chi connectivity index (χ3v) is 5.37. The van der Waals surface area contributed by atoms with Gasteiger partial charge in [-0.25, -0.2) is 4.68 Å². The highest BCUT2D eigenvalue weighted by Crippen LogP contribution is 2.27. The monoisotopic (exact) mass is 422 g/mol. The van der Waals surface area contributed by atoms with E-state index in [2.05, 4.69) is 10.4 Å². The molecule has 32 heavy (non-hydrogen) atoms. The van der Waals surface area contributed by atoms with Gasteiger partial charge in [-0.2, -0.15) is 5.10 Å². The third-order valence-electron chi connectivity index (χ3n) is 5.37. The van der Waals surface area contributed by atoms with E-state index in [-0.39, 0.29) is 23.3 Å². The topological polar surface area (TPSA) is 84.3 Å². The number of imide groups is 1. The lowest BCUT2D eigenvalue weighted by Crippen LogP contribution is -2.24. The molecule has 1 N–H and O–H groups in total. The van der Waals surface area contributed by atoms with Crippen LogP contribution in [0.25, 0.3) is 16.9 Å². The van der Waals surface area contributed by atoms with Crippen molar-refractivity contribution in [3.63, 3.8) is 0 Å². The largest absolute Gasteiger partial charge is 0.322 e. The van der Waals surface area contributed by atoms with Gasteiger partial charge in [0.2, 0.25) is 0 Å². The molecule has 7 heteroatoms. The molecule has 0 atom stereocenters. The van der Waals surface area contributed by atoms with Crippen LogP contribution in [0.4, 0.5) is 5.69 Å². The normalized spacial score (nSPS) is 12.7. The summed E-state index contributed by atoms with van der Waals surface area (Å²) in [5, 5.41) is 7.49. The molecule has 0 saturated heterocycles. The summed E-state index contributed by atoms with van der Waals surface area (Å²) >= 11 is 0. The first-order valence-electron chi connectivity index (χ1n) is 10.0. The van der Waals surface area contributed by atoms with Crippen LogP contribution in [0.2, 0.25) is 0 Å². The molecule has 2 heterocycles. The lowest BCUT2D eigenvalue weighted by atomic mass is 10.1. The Hall–Kier alpha value is -4.52. The number of carbonyl (C=O) groups is 3. The number of carbonyl (C=O) groups excluding carboxylic acids is 3. The van der Waals surface area contributed by atoms with Gasteiger partial charge in [-0.05, 0) is 30.3 Å². The Balaban J connectivity index is 1.52. The van der Waals surface area contributed by atoms with E-state index in [4.69, 9.17) is 0 Å². The average molecular weight is 422 g/mol. The van der Waals surface area contributed by atoms with Crippen LogP contribution in [0.3, 0.4) is 0 Å². The molecule has 3 aromatic carbocycles. The van der Waals surface area contributed by atoms with Crippen molar-refractivity contribution >= 4 is 23.4 Å². The number of nitrogens with one attached hydrogen (secondary N) is 1. The van der Waals surface area contributed by atoms with Crippen molar-refractivity contribution in [2.45, 2.75) is 0 Å². The van der Waals surface area contributed by atoms with Crippen LogP contribution in [0.1, 0.15) is 31.1 Å². The number of nitrogens with zero attached hydrogens (tertiary/aromatic N) is 3. The maximum absolute atomic E-state index is 13.2. The van der Waals surface area contributed by atoms with Crippen molar-refractivity contribution in [1.82, 2.24) is 14.7 Å². The van der Waals surface area contributed by atoms with Gasteiger partial charge in [0, 0.05) is 24.5 Å². The fourth-order valence-electron chi connectivity index (χ4n) is 3.70. The minimum absolute atomic E-state index is 0.276. The zero-order valence-electron chi connectivity index (χ0n) is 17.1. The summed E-state index contributed by atoms with van der Waals surface area (Å²) < 4.78 is 1.66. The molecule has 0 aliphatic carbocycles. The van der Waals surface area contributed by atoms with Gasteiger partial charge in [-0.15, -0.1) is 0 Å². The molecule has 3 amide bonds. The molecule has 0 bridgehead atoms. The molecule has 0 spiro atoms. The fraction of sp³-hybridized carbons (Fsp3) is 0.0400. The summed E-state index contributed by atoms with van der Waals surface area (Å²) in [5.41, 5.74) is 3.60. The van der Waals surface area contributed by atoms with Crippen molar-refractivity contribution < 1.29 is 14.4 Å². The Morgan fingerprint density at radius 1 is 0.844 bits per heavy atom. The van der Waals surface area contributed by atoms with E-state index in [0.717, 1.165) is 16.2 Å². The zero-order chi connectivity index (χ0) is 22.2. The standard InChI is InChI=1S/C25H18N4O3/c1-28-24(31)19-13-12-17(14-20(19)25(28)32)26-23(30)21-15-29(18-10-6-3-7-11-18)27-22(21)16-8-4-2-5-9-16/h2-15H,1H3,(H,26,30). The van der Waals surface area contributed by atoms with E-state index in [9.17, 15) is 14.4 Å². The SMILES string of the molecule is CN1C(=O)c2ccc(NC(=O)c3cn(-c4ccccc4)nc3-c3ccccc3)cc2C1=O. The highest BCUT2D eigenvalue weighted by Gasteiger charge is 2.33. The van der Waals surface area contributed by atoms with E-state index < -0.39 is 0 Å². The van der Waals surface area contributed by atoms with Crippen LogP contribution < -0.4 is 5.32 Å². The van der Waals surface area contributed by atoms with Crippen LogP contribution in [0.5, 0.6) is 0 Å². The molecular weight excluding hydrogens is 404 g/mol. The Labute approximate surface area is 183 Å². The molecule has 0 saturated carbocycles. The molecule has 0 unspecified atom stereocenters. The van der Waals surface area contributed by atoms with Crippen molar-refractivity contribution in [3.05, 3.63) is 102 Å². The van der Waals surface area contributed by atoms with Crippen LogP contribution in [0.15, 0.2) is 85.1 Å². The Morgan fingerprint density at radius 3 is 2.22 bits per heavy atom. The van der Waals surface area contributed by atoms with E-state index in [1.54, 1.807) is 23.0 Å². The average Bonchev–Trinajstić information content (AvgIpc) is 3.37. The Bertz CT molecular complexity index is 1360. The molecule has 156 valence electrons. The summed E-state index contributed by atoms with van der Waals surface area (Å²) in [4.78, 5) is 38.7. The minimum Gasteiger partial charge on any atom is -0.322 e. The molecular formula is C25H18N4O3. The molecule has 1 aliphatic heterocycles. The predicted molar refractivity (Wildman–Crippen MR) is 120 cm³/mol. The summed E-state index contributed by atoms with van der Waals surface area (Å²) in [6.07, 6.45) is 1.68. The lowest BCUT2D eigenvalue weighted by Gasteiger charge is -2.06. The second-order valence-corrected chi connectivity index (χ2v) is 7.42. The summed E-state index contributed by atoms with van der Waals surface area (Å²) in [6.45, 7) is 0. The van der Waals surface area contributed by atoms with Gasteiger partial charge < -0.3 is 5.32 Å². The predicted octanol–water partition coefficient (Wildman–Crippen LogP) is 4.02. The number of benzene rings is 3. The van der Waals surface area contributed by atoms with Crippen molar-refractivity contribution in [2.75, 3.05) is 12.4 Å². The number of anilines is 1. The summed E-state index contributed by atoms with van der Waals surface area (Å²) in [5.74, 6) is -1.10. The van der Waals surface area contributed by atoms with E-state index in [0.29, 0.717) is 22.5 Å². The quantitative estimate of drug-likeness (QED) is 0.504. The number of aromatic nitrogens is 2. The smallest absolute Gasteiger partial charge is 0.261 e. The molecule has 7 nitrogen and oxygen atoms in total. The molecule has 1 aromatic heterocycles. The second kappa shape index (κ2) is 7.63. The maximum Gasteiger partial charge on any atom is 0.261 e. The van der Waals surface area contributed by atoms with Gasteiger partial charge in [-0.1, -0.05) is 48.5 Å². The van der Waals surface area contributed by atoms with Crippen LogP contribution in [-0.2, 0) is 0 Å². The minimum atomic E-state index is -0.386. The maximum atomic E-state index is 13.2. The van der Waals surface area contributed by atoms with Gasteiger partial charge >= 0.3 is 0 Å². The highest BCUT2D eigenvalue weighted by atomic mass is 16.2. The number of hydrogen-bond acceptors (Lipinski definition) is 4. The number of hydrogen-bond donors (Lipinski definition) is 1. The summed E-state index contributed by atoms with van der Waals surface area (Å²) in [7, 11) is 1.44. The fourth-order valence-corrected chi connectivity index (χ4v) is 3.70. The molecule has 4 aromatic rings. The third kappa shape index (κ3) is 3.26. The van der Waals surface area contributed by atoms with Gasteiger partial charge in [0.05, 0.1) is 22.4 Å². The number of amides is 3. The second-order valence-electron chi connectivity index (χ2n) is 7.42. The number of fused-ring (bicyclic) bond motifs is 1. The van der Waals surface area contributed by atoms with Gasteiger partial charge in [0.1, 0.15) is 5.69 Å². The van der Waals surface area contributed by atoms with Crippen LogP contribution in [0, 0.1) is 0 Å². The number of para-hydroxylation sites is 1.